The maximum Gasteiger partial charge on any atom is 0.253 e. The molecule has 5 heteroatoms. The average Bonchev–Trinajstić information content (AvgIpc) is 3.12. The summed E-state index contributed by atoms with van der Waals surface area (Å²) in [7, 11) is 0. The monoisotopic (exact) mass is 254 g/mol. The summed E-state index contributed by atoms with van der Waals surface area (Å²) in [5, 5.41) is 12.2. The Morgan fingerprint density at radius 3 is 3.00 bits per heavy atom. The molecule has 92 valence electrons. The Hall–Kier alpha value is -1.13. The minimum atomic E-state index is -0.192. The van der Waals surface area contributed by atoms with Crippen molar-refractivity contribution < 1.29 is 9.90 Å². The summed E-state index contributed by atoms with van der Waals surface area (Å²) in [6, 6.07) is 1.65. The second-order valence-corrected chi connectivity index (χ2v) is 4.69. The molecule has 2 rings (SSSR count). The van der Waals surface area contributed by atoms with E-state index in [9.17, 15) is 4.79 Å². The van der Waals surface area contributed by atoms with Crippen molar-refractivity contribution in [1.29, 1.82) is 0 Å². The zero-order valence-electron chi connectivity index (χ0n) is 9.40. The molecule has 1 heterocycles. The highest BCUT2D eigenvalue weighted by Crippen LogP contribution is 2.34. The molecule has 1 unspecified atom stereocenters. The van der Waals surface area contributed by atoms with Crippen molar-refractivity contribution in [3.63, 3.8) is 0 Å². The van der Waals surface area contributed by atoms with E-state index in [2.05, 4.69) is 10.3 Å². The first-order valence-electron chi connectivity index (χ1n) is 5.73. The Kier molecular flexibility index (Phi) is 3.97. The van der Waals surface area contributed by atoms with Gasteiger partial charge in [-0.3, -0.25) is 9.78 Å². The van der Waals surface area contributed by atoms with Crippen molar-refractivity contribution in [2.24, 2.45) is 5.92 Å². The first-order valence-corrected chi connectivity index (χ1v) is 6.11. The van der Waals surface area contributed by atoms with Crippen molar-refractivity contribution in [1.82, 2.24) is 10.3 Å². The van der Waals surface area contributed by atoms with Gasteiger partial charge < -0.3 is 10.4 Å². The number of aromatic nitrogens is 1. The van der Waals surface area contributed by atoms with Gasteiger partial charge in [0.05, 0.1) is 10.6 Å². The summed E-state index contributed by atoms with van der Waals surface area (Å²) >= 11 is 5.90. The molecule has 2 N–H and O–H groups in total. The van der Waals surface area contributed by atoms with E-state index in [1.54, 1.807) is 12.3 Å². The Bertz CT molecular complexity index is 407. The number of carbonyl (C=O) groups is 1. The number of aliphatic hydroxyl groups is 1. The van der Waals surface area contributed by atoms with Crippen molar-refractivity contribution in [2.75, 3.05) is 6.61 Å². The molecule has 1 aromatic heterocycles. The molecule has 1 saturated carbocycles. The molecule has 0 saturated heterocycles. The minimum Gasteiger partial charge on any atom is -0.396 e. The van der Waals surface area contributed by atoms with Crippen LogP contribution in [0.15, 0.2) is 18.5 Å². The molecular formula is C12H15ClN2O2. The lowest BCUT2D eigenvalue weighted by molar-refractivity contribution is 0.0924. The fourth-order valence-corrected chi connectivity index (χ4v) is 2.07. The number of hydrogen-bond donors (Lipinski definition) is 2. The van der Waals surface area contributed by atoms with Gasteiger partial charge in [-0.2, -0.15) is 0 Å². The molecule has 1 aromatic rings. The Balaban J connectivity index is 2.02. The number of amides is 1. The topological polar surface area (TPSA) is 62.2 Å². The largest absolute Gasteiger partial charge is 0.396 e. The lowest BCUT2D eigenvalue weighted by Gasteiger charge is -2.17. The SMILES string of the molecule is O=C(NC(CCO)C1CC1)c1ccncc1Cl. The number of rotatable bonds is 5. The quantitative estimate of drug-likeness (QED) is 0.840. The van der Waals surface area contributed by atoms with Gasteiger partial charge in [0.2, 0.25) is 0 Å². The summed E-state index contributed by atoms with van der Waals surface area (Å²) in [6.45, 7) is 0.0888. The van der Waals surface area contributed by atoms with Gasteiger partial charge in [0.1, 0.15) is 0 Å². The first kappa shape index (κ1) is 12.3. The Morgan fingerprint density at radius 1 is 1.65 bits per heavy atom. The third-order valence-electron chi connectivity index (χ3n) is 2.96. The van der Waals surface area contributed by atoms with Gasteiger partial charge in [-0.15, -0.1) is 0 Å². The van der Waals surface area contributed by atoms with Crippen molar-refractivity contribution in [2.45, 2.75) is 25.3 Å². The van der Waals surface area contributed by atoms with E-state index in [4.69, 9.17) is 16.7 Å². The van der Waals surface area contributed by atoms with Crippen LogP contribution >= 0.6 is 11.6 Å². The molecule has 0 aromatic carbocycles. The van der Waals surface area contributed by atoms with E-state index in [1.165, 1.54) is 6.20 Å². The van der Waals surface area contributed by atoms with Crippen LogP contribution in [0.2, 0.25) is 5.02 Å². The fourth-order valence-electron chi connectivity index (χ4n) is 1.87. The van der Waals surface area contributed by atoms with Crippen LogP contribution < -0.4 is 5.32 Å². The molecule has 17 heavy (non-hydrogen) atoms. The highest BCUT2D eigenvalue weighted by molar-refractivity contribution is 6.33. The number of nitrogens with one attached hydrogen (secondary N) is 1. The Labute approximate surface area is 105 Å². The zero-order valence-corrected chi connectivity index (χ0v) is 10.2. The molecule has 1 fully saturated rings. The average molecular weight is 255 g/mol. The highest BCUT2D eigenvalue weighted by atomic mass is 35.5. The maximum absolute atomic E-state index is 12.0. The van der Waals surface area contributed by atoms with E-state index in [-0.39, 0.29) is 18.6 Å². The standard InChI is InChI=1S/C12H15ClN2O2/c13-10-7-14-5-3-9(10)12(17)15-11(4-6-16)8-1-2-8/h3,5,7-8,11,16H,1-2,4,6H2,(H,15,17). The molecule has 0 aliphatic heterocycles. The normalized spacial score (nSPS) is 16.6. The van der Waals surface area contributed by atoms with Gasteiger partial charge in [-0.05, 0) is 31.2 Å². The number of aliphatic hydroxyl groups excluding tert-OH is 1. The third-order valence-corrected chi connectivity index (χ3v) is 3.27. The van der Waals surface area contributed by atoms with Gasteiger partial charge in [0.15, 0.2) is 0 Å². The molecule has 1 atom stereocenters. The predicted molar refractivity (Wildman–Crippen MR) is 64.9 cm³/mol. The van der Waals surface area contributed by atoms with Crippen molar-refractivity contribution in [3.05, 3.63) is 29.0 Å². The lowest BCUT2D eigenvalue weighted by Crippen LogP contribution is -2.37. The van der Waals surface area contributed by atoms with E-state index < -0.39 is 0 Å². The summed E-state index contributed by atoms with van der Waals surface area (Å²) in [6.07, 6.45) is 5.83. The van der Waals surface area contributed by atoms with Crippen LogP contribution in [0.1, 0.15) is 29.6 Å². The maximum atomic E-state index is 12.0. The van der Waals surface area contributed by atoms with E-state index in [0.717, 1.165) is 12.8 Å². The first-order chi connectivity index (χ1) is 8.22. The summed E-state index contributed by atoms with van der Waals surface area (Å²) in [5.74, 6) is 0.314. The van der Waals surface area contributed by atoms with Crippen LogP contribution in [0.3, 0.4) is 0 Å². The predicted octanol–water partition coefficient (Wildman–Crippen LogP) is 1.63. The van der Waals surface area contributed by atoms with E-state index in [0.29, 0.717) is 22.9 Å². The second kappa shape index (κ2) is 5.47. The van der Waals surface area contributed by atoms with Gasteiger partial charge >= 0.3 is 0 Å². The molecule has 0 radical (unpaired) electrons. The number of hydrogen-bond acceptors (Lipinski definition) is 3. The summed E-state index contributed by atoms with van der Waals surface area (Å²) in [4.78, 5) is 15.8. The molecule has 0 spiro atoms. The second-order valence-electron chi connectivity index (χ2n) is 4.29. The number of carbonyl (C=O) groups excluding carboxylic acids is 1. The van der Waals surface area contributed by atoms with Crippen LogP contribution in [0.5, 0.6) is 0 Å². The number of nitrogens with zero attached hydrogens (tertiary/aromatic N) is 1. The lowest BCUT2D eigenvalue weighted by atomic mass is 10.1. The summed E-state index contributed by atoms with van der Waals surface area (Å²) in [5.41, 5.74) is 0.435. The Morgan fingerprint density at radius 2 is 2.41 bits per heavy atom. The summed E-state index contributed by atoms with van der Waals surface area (Å²) < 4.78 is 0. The van der Waals surface area contributed by atoms with Gasteiger partial charge in [0.25, 0.3) is 5.91 Å². The smallest absolute Gasteiger partial charge is 0.253 e. The van der Waals surface area contributed by atoms with Crippen LogP contribution in [-0.2, 0) is 0 Å². The fraction of sp³-hybridized carbons (Fsp3) is 0.500. The zero-order chi connectivity index (χ0) is 12.3. The number of pyridine rings is 1. The van der Waals surface area contributed by atoms with Crippen LogP contribution in [-0.4, -0.2) is 28.6 Å². The molecule has 4 nitrogen and oxygen atoms in total. The van der Waals surface area contributed by atoms with Crippen LogP contribution in [0.4, 0.5) is 0 Å². The highest BCUT2D eigenvalue weighted by Gasteiger charge is 2.32. The van der Waals surface area contributed by atoms with Crippen LogP contribution in [0.25, 0.3) is 0 Å². The van der Waals surface area contributed by atoms with Crippen LogP contribution in [0, 0.1) is 5.92 Å². The molecule has 1 amide bonds. The third kappa shape index (κ3) is 3.17. The van der Waals surface area contributed by atoms with E-state index >= 15 is 0 Å². The molecule has 1 aliphatic carbocycles. The van der Waals surface area contributed by atoms with Crippen molar-refractivity contribution in [3.8, 4) is 0 Å². The number of halogens is 1. The molecule has 1 aliphatic rings. The van der Waals surface area contributed by atoms with Gasteiger partial charge in [0, 0.05) is 25.0 Å². The minimum absolute atomic E-state index is 0.0525. The van der Waals surface area contributed by atoms with E-state index in [1.807, 2.05) is 0 Å². The van der Waals surface area contributed by atoms with Gasteiger partial charge in [-0.1, -0.05) is 11.6 Å². The molecular weight excluding hydrogens is 240 g/mol. The van der Waals surface area contributed by atoms with Gasteiger partial charge in [-0.25, -0.2) is 0 Å². The molecule has 0 bridgehead atoms. The van der Waals surface area contributed by atoms with Crippen molar-refractivity contribution >= 4 is 17.5 Å².